The SMILES string of the molecule is COc1ccc2c(c1)C=C(C#N)C(=O)C2. The van der Waals surface area contributed by atoms with E-state index in [4.69, 9.17) is 10.00 Å². The van der Waals surface area contributed by atoms with Crippen molar-refractivity contribution < 1.29 is 9.53 Å². The molecule has 0 amide bonds. The molecule has 0 N–H and O–H groups in total. The molecule has 0 bridgehead atoms. The third-order valence-corrected chi connectivity index (χ3v) is 2.42. The van der Waals surface area contributed by atoms with Crippen molar-refractivity contribution in [1.29, 1.82) is 5.26 Å². The molecule has 1 aliphatic carbocycles. The van der Waals surface area contributed by atoms with Crippen molar-refractivity contribution in [2.24, 2.45) is 0 Å². The van der Waals surface area contributed by atoms with Crippen LogP contribution in [0.5, 0.6) is 5.75 Å². The van der Waals surface area contributed by atoms with Crippen LogP contribution in [0.1, 0.15) is 11.1 Å². The molecule has 0 fully saturated rings. The fourth-order valence-corrected chi connectivity index (χ4v) is 1.59. The summed E-state index contributed by atoms with van der Waals surface area (Å²) in [5, 5.41) is 8.74. The molecule has 0 heterocycles. The first-order valence-electron chi connectivity index (χ1n) is 4.56. The Kier molecular flexibility index (Phi) is 2.26. The van der Waals surface area contributed by atoms with Crippen molar-refractivity contribution in [2.75, 3.05) is 7.11 Å². The minimum absolute atomic E-state index is 0.116. The van der Waals surface area contributed by atoms with Gasteiger partial charge in [0.2, 0.25) is 0 Å². The molecule has 0 saturated carbocycles. The third kappa shape index (κ3) is 1.62. The van der Waals surface area contributed by atoms with Gasteiger partial charge < -0.3 is 4.74 Å². The Bertz CT molecular complexity index is 495. The number of hydrogen-bond donors (Lipinski definition) is 0. The Balaban J connectivity index is 2.53. The number of nitriles is 1. The number of rotatable bonds is 1. The molecule has 1 aliphatic rings. The van der Waals surface area contributed by atoms with Gasteiger partial charge in [0.05, 0.1) is 12.7 Å². The third-order valence-electron chi connectivity index (χ3n) is 2.42. The van der Waals surface area contributed by atoms with E-state index in [2.05, 4.69) is 0 Å². The van der Waals surface area contributed by atoms with Gasteiger partial charge in [0, 0.05) is 6.42 Å². The number of ether oxygens (including phenoxy) is 1. The lowest BCUT2D eigenvalue weighted by atomic mass is 9.92. The van der Waals surface area contributed by atoms with Gasteiger partial charge in [-0.3, -0.25) is 4.79 Å². The van der Waals surface area contributed by atoms with Crippen LogP contribution >= 0.6 is 0 Å². The summed E-state index contributed by atoms with van der Waals surface area (Å²) in [6, 6.07) is 7.41. The van der Waals surface area contributed by atoms with E-state index < -0.39 is 0 Å². The van der Waals surface area contributed by atoms with Crippen molar-refractivity contribution in [3.05, 3.63) is 34.9 Å². The summed E-state index contributed by atoms with van der Waals surface area (Å²) in [5.74, 6) is 0.617. The standard InChI is InChI=1S/C12H9NO2/c1-15-11-3-2-8-6-12(14)10(7-13)4-9(8)5-11/h2-5H,6H2,1H3. The van der Waals surface area contributed by atoms with Gasteiger partial charge in [-0.1, -0.05) is 6.07 Å². The molecule has 0 radical (unpaired) electrons. The zero-order valence-corrected chi connectivity index (χ0v) is 8.28. The topological polar surface area (TPSA) is 50.1 Å². The molecular formula is C12H9NO2. The van der Waals surface area contributed by atoms with Gasteiger partial charge in [-0.05, 0) is 29.3 Å². The van der Waals surface area contributed by atoms with Gasteiger partial charge in [-0.25, -0.2) is 0 Å². The molecule has 1 aromatic rings. The first-order chi connectivity index (χ1) is 7.24. The number of nitrogens with zero attached hydrogens (tertiary/aromatic N) is 1. The molecule has 74 valence electrons. The van der Waals surface area contributed by atoms with Crippen molar-refractivity contribution in [3.63, 3.8) is 0 Å². The van der Waals surface area contributed by atoms with Crippen LogP contribution < -0.4 is 4.74 Å². The van der Waals surface area contributed by atoms with Crippen molar-refractivity contribution in [2.45, 2.75) is 6.42 Å². The van der Waals surface area contributed by atoms with Crippen LogP contribution in [-0.4, -0.2) is 12.9 Å². The van der Waals surface area contributed by atoms with Gasteiger partial charge >= 0.3 is 0 Å². The summed E-state index contributed by atoms with van der Waals surface area (Å²) in [6.07, 6.45) is 1.92. The second-order valence-corrected chi connectivity index (χ2v) is 3.33. The number of allylic oxidation sites excluding steroid dienone is 1. The van der Waals surface area contributed by atoms with Crippen molar-refractivity contribution in [1.82, 2.24) is 0 Å². The quantitative estimate of drug-likeness (QED) is 0.692. The van der Waals surface area contributed by atoms with Crippen molar-refractivity contribution >= 4 is 11.9 Å². The van der Waals surface area contributed by atoms with Crippen molar-refractivity contribution in [3.8, 4) is 11.8 Å². The summed E-state index contributed by atoms with van der Waals surface area (Å²) in [5.41, 5.74) is 2.06. The van der Waals surface area contributed by atoms with E-state index in [1.165, 1.54) is 0 Å². The lowest BCUT2D eigenvalue weighted by Crippen LogP contribution is -2.11. The predicted molar refractivity (Wildman–Crippen MR) is 55.3 cm³/mol. The molecule has 3 nitrogen and oxygen atoms in total. The molecule has 3 heteroatoms. The van der Waals surface area contributed by atoms with Gasteiger partial charge in [0.15, 0.2) is 5.78 Å². The molecule has 0 atom stereocenters. The van der Waals surface area contributed by atoms with Crippen LogP contribution in [0.4, 0.5) is 0 Å². The lowest BCUT2D eigenvalue weighted by molar-refractivity contribution is -0.114. The van der Waals surface area contributed by atoms with E-state index in [9.17, 15) is 4.79 Å². The number of Topliss-reactive ketones (excluding diaryl/α,β-unsaturated/α-hetero) is 1. The molecule has 1 aromatic carbocycles. The van der Waals surface area contributed by atoms with Gasteiger partial charge in [-0.15, -0.1) is 0 Å². The van der Waals surface area contributed by atoms with Crippen LogP contribution in [0.15, 0.2) is 23.8 Å². The number of ketones is 1. The van der Waals surface area contributed by atoms with Gasteiger partial charge in [0.25, 0.3) is 0 Å². The second kappa shape index (κ2) is 3.58. The van der Waals surface area contributed by atoms with E-state index in [0.717, 1.165) is 16.9 Å². The van der Waals surface area contributed by atoms with E-state index >= 15 is 0 Å². The zero-order chi connectivity index (χ0) is 10.8. The van der Waals surface area contributed by atoms with Crippen LogP contribution in [0, 0.1) is 11.3 Å². The summed E-state index contributed by atoms with van der Waals surface area (Å²) in [6.45, 7) is 0. The number of hydrogen-bond acceptors (Lipinski definition) is 3. The smallest absolute Gasteiger partial charge is 0.177 e. The monoisotopic (exact) mass is 199 g/mol. The largest absolute Gasteiger partial charge is 0.497 e. The summed E-state index contributed by atoms with van der Waals surface area (Å²) < 4.78 is 5.08. The lowest BCUT2D eigenvalue weighted by Gasteiger charge is -2.12. The fourth-order valence-electron chi connectivity index (χ4n) is 1.59. The molecule has 0 aromatic heterocycles. The Labute approximate surface area is 87.6 Å². The predicted octanol–water partition coefficient (Wildman–Crippen LogP) is 1.73. The Morgan fingerprint density at radius 3 is 2.93 bits per heavy atom. The minimum atomic E-state index is -0.116. The summed E-state index contributed by atoms with van der Waals surface area (Å²) in [4.78, 5) is 11.4. The highest BCUT2D eigenvalue weighted by Crippen LogP contribution is 2.25. The minimum Gasteiger partial charge on any atom is -0.497 e. The maximum absolute atomic E-state index is 11.4. The van der Waals surface area contributed by atoms with Crippen LogP contribution in [0.2, 0.25) is 0 Å². The Hall–Kier alpha value is -2.08. The second-order valence-electron chi connectivity index (χ2n) is 3.33. The highest BCUT2D eigenvalue weighted by molar-refractivity contribution is 6.07. The fraction of sp³-hybridized carbons (Fsp3) is 0.167. The highest BCUT2D eigenvalue weighted by Gasteiger charge is 2.18. The number of carbonyl (C=O) groups is 1. The maximum Gasteiger partial charge on any atom is 0.177 e. The number of methoxy groups -OCH3 is 1. The molecular weight excluding hydrogens is 190 g/mol. The van der Waals surface area contributed by atoms with Gasteiger partial charge in [0.1, 0.15) is 11.8 Å². The zero-order valence-electron chi connectivity index (χ0n) is 8.28. The van der Waals surface area contributed by atoms with Crippen LogP contribution in [0.3, 0.4) is 0 Å². The van der Waals surface area contributed by atoms with E-state index in [1.54, 1.807) is 13.2 Å². The first kappa shape index (κ1) is 9.47. The number of fused-ring (bicyclic) bond motifs is 1. The average molecular weight is 199 g/mol. The van der Waals surface area contributed by atoms with Crippen LogP contribution in [0.25, 0.3) is 6.08 Å². The first-order valence-corrected chi connectivity index (χ1v) is 4.56. The van der Waals surface area contributed by atoms with Gasteiger partial charge in [-0.2, -0.15) is 5.26 Å². The molecule has 0 unspecified atom stereocenters. The summed E-state index contributed by atoms with van der Waals surface area (Å²) in [7, 11) is 1.59. The highest BCUT2D eigenvalue weighted by atomic mass is 16.5. The maximum atomic E-state index is 11.4. The Morgan fingerprint density at radius 2 is 2.27 bits per heavy atom. The van der Waals surface area contributed by atoms with E-state index in [-0.39, 0.29) is 11.4 Å². The Morgan fingerprint density at radius 1 is 1.47 bits per heavy atom. The normalized spacial score (nSPS) is 13.9. The number of benzene rings is 1. The van der Waals surface area contributed by atoms with Crippen LogP contribution in [-0.2, 0) is 11.2 Å². The van der Waals surface area contributed by atoms with E-state index in [1.807, 2.05) is 24.3 Å². The molecule has 0 spiro atoms. The molecule has 0 saturated heterocycles. The number of carbonyl (C=O) groups excluding carboxylic acids is 1. The van der Waals surface area contributed by atoms with E-state index in [0.29, 0.717) is 6.42 Å². The molecule has 0 aliphatic heterocycles. The molecule has 15 heavy (non-hydrogen) atoms. The average Bonchev–Trinajstić information content (AvgIpc) is 2.27. The molecule has 2 rings (SSSR count). The summed E-state index contributed by atoms with van der Waals surface area (Å²) >= 11 is 0.